The van der Waals surface area contributed by atoms with Gasteiger partial charge in [-0.25, -0.2) is 0 Å². The first kappa shape index (κ1) is 9.59. The molecule has 1 aromatic carbocycles. The molecule has 0 saturated heterocycles. The van der Waals surface area contributed by atoms with Crippen LogP contribution in [-0.2, 0) is 13.5 Å². The summed E-state index contributed by atoms with van der Waals surface area (Å²) in [6.07, 6.45) is 2.11. The van der Waals surface area contributed by atoms with Crippen LogP contribution in [0.25, 0.3) is 10.9 Å². The van der Waals surface area contributed by atoms with Crippen molar-refractivity contribution in [2.45, 2.75) is 12.8 Å². The fourth-order valence-electron chi connectivity index (χ4n) is 1.72. The van der Waals surface area contributed by atoms with Crippen molar-refractivity contribution < 1.29 is 0 Å². The van der Waals surface area contributed by atoms with E-state index in [1.165, 1.54) is 16.6 Å². The van der Waals surface area contributed by atoms with Gasteiger partial charge in [-0.3, -0.25) is 4.68 Å². The minimum atomic E-state index is 0.922. The Bertz CT molecular complexity index is 434. The van der Waals surface area contributed by atoms with E-state index < -0.39 is 0 Å². The Hall–Kier alpha value is -0.960. The van der Waals surface area contributed by atoms with Gasteiger partial charge in [-0.05, 0) is 24.7 Å². The molecule has 3 heteroatoms. The van der Waals surface area contributed by atoms with E-state index in [4.69, 9.17) is 0 Å². The normalized spacial score (nSPS) is 11.0. The standard InChI is InChI=1S/C11H14N2S/c1-13-11-7-3-2-5-9(11)10(12-13)6-4-8-14/h2-3,5,7,14H,4,6,8H2,1H3. The Morgan fingerprint density at radius 2 is 2.14 bits per heavy atom. The minimum Gasteiger partial charge on any atom is -0.268 e. The molecule has 0 aliphatic carbocycles. The van der Waals surface area contributed by atoms with Crippen molar-refractivity contribution >= 4 is 23.5 Å². The Kier molecular flexibility index (Phi) is 2.77. The molecule has 2 nitrogen and oxygen atoms in total. The zero-order chi connectivity index (χ0) is 9.97. The second kappa shape index (κ2) is 4.05. The van der Waals surface area contributed by atoms with E-state index in [1.807, 2.05) is 17.8 Å². The molecular weight excluding hydrogens is 192 g/mol. The molecule has 2 aromatic rings. The van der Waals surface area contributed by atoms with Crippen LogP contribution in [0.15, 0.2) is 24.3 Å². The number of hydrogen-bond acceptors (Lipinski definition) is 2. The summed E-state index contributed by atoms with van der Waals surface area (Å²) < 4.78 is 1.95. The van der Waals surface area contributed by atoms with Crippen LogP contribution >= 0.6 is 12.6 Å². The van der Waals surface area contributed by atoms with Gasteiger partial charge in [0.1, 0.15) is 0 Å². The molecule has 0 radical (unpaired) electrons. The van der Waals surface area contributed by atoms with Crippen LogP contribution in [0.2, 0.25) is 0 Å². The van der Waals surface area contributed by atoms with Crippen LogP contribution in [0, 0.1) is 0 Å². The number of nitrogens with zero attached hydrogens (tertiary/aromatic N) is 2. The van der Waals surface area contributed by atoms with Gasteiger partial charge < -0.3 is 0 Å². The highest BCUT2D eigenvalue weighted by Crippen LogP contribution is 2.18. The third-order valence-corrected chi connectivity index (χ3v) is 2.72. The van der Waals surface area contributed by atoms with E-state index in [0.29, 0.717) is 0 Å². The second-order valence-corrected chi connectivity index (χ2v) is 3.86. The van der Waals surface area contributed by atoms with Crippen molar-refractivity contribution in [3.05, 3.63) is 30.0 Å². The summed E-state index contributed by atoms with van der Waals surface area (Å²) in [5.41, 5.74) is 2.40. The molecular formula is C11H14N2S. The fourth-order valence-corrected chi connectivity index (χ4v) is 1.88. The molecule has 0 amide bonds. The van der Waals surface area contributed by atoms with E-state index in [2.05, 4.69) is 35.9 Å². The lowest BCUT2D eigenvalue weighted by Crippen LogP contribution is -1.92. The molecule has 0 N–H and O–H groups in total. The van der Waals surface area contributed by atoms with E-state index >= 15 is 0 Å². The van der Waals surface area contributed by atoms with Crippen LogP contribution in [0.4, 0.5) is 0 Å². The molecule has 0 aliphatic heterocycles. The highest BCUT2D eigenvalue weighted by molar-refractivity contribution is 7.80. The number of fused-ring (bicyclic) bond motifs is 1. The third kappa shape index (κ3) is 1.64. The summed E-state index contributed by atoms with van der Waals surface area (Å²) in [5, 5.41) is 5.78. The van der Waals surface area contributed by atoms with Crippen LogP contribution in [-0.4, -0.2) is 15.5 Å². The second-order valence-electron chi connectivity index (χ2n) is 3.41. The number of rotatable bonds is 3. The molecule has 2 rings (SSSR count). The van der Waals surface area contributed by atoms with Crippen molar-refractivity contribution in [2.75, 3.05) is 5.75 Å². The van der Waals surface area contributed by atoms with E-state index in [-0.39, 0.29) is 0 Å². The fraction of sp³-hybridized carbons (Fsp3) is 0.364. The predicted octanol–water partition coefficient (Wildman–Crippen LogP) is 2.44. The highest BCUT2D eigenvalue weighted by atomic mass is 32.1. The lowest BCUT2D eigenvalue weighted by atomic mass is 10.1. The summed E-state index contributed by atoms with van der Waals surface area (Å²) in [4.78, 5) is 0. The maximum atomic E-state index is 4.51. The molecule has 0 spiro atoms. The van der Waals surface area contributed by atoms with Gasteiger partial charge in [0.05, 0.1) is 11.2 Å². The molecule has 0 atom stereocenters. The Morgan fingerprint density at radius 1 is 1.36 bits per heavy atom. The van der Waals surface area contributed by atoms with E-state index in [1.54, 1.807) is 0 Å². The van der Waals surface area contributed by atoms with Crippen LogP contribution in [0.3, 0.4) is 0 Å². The molecule has 0 bridgehead atoms. The first-order chi connectivity index (χ1) is 6.83. The van der Waals surface area contributed by atoms with Crippen LogP contribution in [0.5, 0.6) is 0 Å². The molecule has 0 saturated carbocycles. The van der Waals surface area contributed by atoms with Gasteiger partial charge in [0.2, 0.25) is 0 Å². The zero-order valence-electron chi connectivity index (χ0n) is 8.27. The number of hydrogen-bond donors (Lipinski definition) is 1. The quantitative estimate of drug-likeness (QED) is 0.764. The van der Waals surface area contributed by atoms with E-state index in [0.717, 1.165) is 18.6 Å². The van der Waals surface area contributed by atoms with Crippen molar-refractivity contribution in [1.82, 2.24) is 9.78 Å². The zero-order valence-corrected chi connectivity index (χ0v) is 9.17. The van der Waals surface area contributed by atoms with Gasteiger partial charge in [0.25, 0.3) is 0 Å². The minimum absolute atomic E-state index is 0.922. The largest absolute Gasteiger partial charge is 0.268 e. The molecule has 0 unspecified atom stereocenters. The first-order valence-electron chi connectivity index (χ1n) is 4.84. The summed E-state index contributed by atoms with van der Waals surface area (Å²) in [6, 6.07) is 8.35. The molecule has 1 heterocycles. The topological polar surface area (TPSA) is 17.8 Å². The molecule has 74 valence electrons. The summed E-state index contributed by atoms with van der Waals surface area (Å²) >= 11 is 4.22. The highest BCUT2D eigenvalue weighted by Gasteiger charge is 2.06. The molecule has 0 aliphatic rings. The van der Waals surface area contributed by atoms with Crippen molar-refractivity contribution in [3.8, 4) is 0 Å². The van der Waals surface area contributed by atoms with Gasteiger partial charge in [0, 0.05) is 12.4 Å². The van der Waals surface area contributed by atoms with Crippen LogP contribution < -0.4 is 0 Å². The molecule has 0 fully saturated rings. The number of para-hydroxylation sites is 1. The Labute approximate surface area is 89.3 Å². The SMILES string of the molecule is Cn1nc(CCCS)c2ccccc21. The Morgan fingerprint density at radius 3 is 2.93 bits per heavy atom. The van der Waals surface area contributed by atoms with Gasteiger partial charge >= 0.3 is 0 Å². The monoisotopic (exact) mass is 206 g/mol. The average molecular weight is 206 g/mol. The number of benzene rings is 1. The van der Waals surface area contributed by atoms with Gasteiger partial charge in [0.15, 0.2) is 0 Å². The van der Waals surface area contributed by atoms with Crippen molar-refractivity contribution in [2.24, 2.45) is 7.05 Å². The van der Waals surface area contributed by atoms with Crippen molar-refractivity contribution in [3.63, 3.8) is 0 Å². The summed E-state index contributed by atoms with van der Waals surface area (Å²) in [5.74, 6) is 0.922. The van der Waals surface area contributed by atoms with E-state index in [9.17, 15) is 0 Å². The van der Waals surface area contributed by atoms with Crippen molar-refractivity contribution in [1.29, 1.82) is 0 Å². The number of thiol groups is 1. The lowest BCUT2D eigenvalue weighted by molar-refractivity contribution is 0.755. The predicted molar refractivity (Wildman–Crippen MR) is 62.9 cm³/mol. The number of aromatic nitrogens is 2. The van der Waals surface area contributed by atoms with Gasteiger partial charge in [-0.15, -0.1) is 0 Å². The Balaban J connectivity index is 2.44. The summed E-state index contributed by atoms with van der Waals surface area (Å²) in [7, 11) is 1.99. The van der Waals surface area contributed by atoms with Crippen LogP contribution in [0.1, 0.15) is 12.1 Å². The smallest absolute Gasteiger partial charge is 0.0703 e. The van der Waals surface area contributed by atoms with Gasteiger partial charge in [-0.2, -0.15) is 17.7 Å². The maximum Gasteiger partial charge on any atom is 0.0703 e. The maximum absolute atomic E-state index is 4.51. The number of aryl methyl sites for hydroxylation is 2. The van der Waals surface area contributed by atoms with Gasteiger partial charge in [-0.1, -0.05) is 18.2 Å². The lowest BCUT2D eigenvalue weighted by Gasteiger charge is -1.93. The molecule has 1 aromatic heterocycles. The molecule has 14 heavy (non-hydrogen) atoms. The third-order valence-electron chi connectivity index (χ3n) is 2.41. The summed E-state index contributed by atoms with van der Waals surface area (Å²) in [6.45, 7) is 0. The first-order valence-corrected chi connectivity index (χ1v) is 5.47. The average Bonchev–Trinajstić information content (AvgIpc) is 2.54.